The van der Waals surface area contributed by atoms with Crippen LogP contribution in [0.3, 0.4) is 0 Å². The van der Waals surface area contributed by atoms with E-state index in [4.69, 9.17) is 27.4 Å². The van der Waals surface area contributed by atoms with Gasteiger partial charge in [-0.25, -0.2) is 9.18 Å². The molecule has 8 atom stereocenters. The first kappa shape index (κ1) is 22.7. The van der Waals surface area contributed by atoms with E-state index in [1.165, 1.54) is 12.3 Å². The van der Waals surface area contributed by atoms with Gasteiger partial charge in [-0.1, -0.05) is 0 Å². The molecular weight excluding hydrogens is 431 g/mol. The van der Waals surface area contributed by atoms with E-state index in [1.54, 1.807) is 0 Å². The number of alkyl halides is 1. The van der Waals surface area contributed by atoms with Gasteiger partial charge in [-0.3, -0.25) is 9.13 Å². The van der Waals surface area contributed by atoms with Gasteiger partial charge in [0.05, 0.1) is 24.6 Å². The average Bonchev–Trinajstić information content (AvgIpc) is 3.12. The Bertz CT molecular complexity index is 836. The summed E-state index contributed by atoms with van der Waals surface area (Å²) in [5.74, 6) is -0.0512. The van der Waals surface area contributed by atoms with E-state index < -0.39 is 67.8 Å². The molecule has 160 valence electrons. The Balaban J connectivity index is 1.68. The van der Waals surface area contributed by atoms with Crippen molar-refractivity contribution >= 4 is 33.2 Å². The van der Waals surface area contributed by atoms with Gasteiger partial charge in [0.1, 0.15) is 31.2 Å². The van der Waals surface area contributed by atoms with Crippen molar-refractivity contribution in [3.63, 3.8) is 0 Å². The topological polar surface area (TPSA) is 169 Å². The van der Waals surface area contributed by atoms with Crippen LogP contribution >= 0.6 is 19.6 Å². The SMILES string of the molecule is [B][C@H]1C[C@H](O)[C@@H](COP(=O)([O-])O[C@H]2[C@H](F)[C@H](n3ccc(N)nc3=O)S[C@@H]2CO)O1. The second kappa shape index (κ2) is 9.02. The molecule has 29 heavy (non-hydrogen) atoms. The number of halogens is 1. The highest BCUT2D eigenvalue weighted by atomic mass is 32.2. The Morgan fingerprint density at radius 2 is 2.31 bits per heavy atom. The molecule has 2 radical (unpaired) electrons. The number of ether oxygens (including phenoxy) is 1. The van der Waals surface area contributed by atoms with Gasteiger partial charge in [-0.05, 0) is 12.5 Å². The van der Waals surface area contributed by atoms with E-state index in [0.717, 1.165) is 16.3 Å². The van der Waals surface area contributed by atoms with Gasteiger partial charge in [-0.15, -0.1) is 11.8 Å². The zero-order valence-electron chi connectivity index (χ0n) is 14.9. The van der Waals surface area contributed by atoms with Crippen LogP contribution in [0.5, 0.6) is 0 Å². The first-order valence-corrected chi connectivity index (χ1v) is 11.0. The second-order valence-corrected chi connectivity index (χ2v) is 9.29. The molecule has 0 spiro atoms. The number of phosphoric acid groups is 1. The highest BCUT2D eigenvalue weighted by Crippen LogP contribution is 2.51. The Kier molecular flexibility index (Phi) is 7.06. The van der Waals surface area contributed by atoms with Crippen molar-refractivity contribution in [1.29, 1.82) is 0 Å². The molecule has 4 N–H and O–H groups in total. The van der Waals surface area contributed by atoms with Gasteiger partial charge < -0.3 is 34.6 Å². The smallest absolute Gasteiger partial charge is 0.350 e. The molecule has 11 nitrogen and oxygen atoms in total. The monoisotopic (exact) mass is 450 g/mol. The van der Waals surface area contributed by atoms with Crippen molar-refractivity contribution in [3.05, 3.63) is 22.7 Å². The summed E-state index contributed by atoms with van der Waals surface area (Å²) in [4.78, 5) is 27.6. The van der Waals surface area contributed by atoms with Crippen LogP contribution in [0.1, 0.15) is 11.8 Å². The molecule has 0 bridgehead atoms. The molecular formula is C14H19BFN3O8PS-. The Morgan fingerprint density at radius 1 is 1.59 bits per heavy atom. The number of hydrogen-bond donors (Lipinski definition) is 3. The lowest BCUT2D eigenvalue weighted by atomic mass is 9.96. The third kappa shape index (κ3) is 5.20. The number of anilines is 1. The molecule has 0 aromatic carbocycles. The van der Waals surface area contributed by atoms with E-state index >= 15 is 0 Å². The van der Waals surface area contributed by atoms with Crippen molar-refractivity contribution in [2.45, 2.75) is 47.5 Å². The molecule has 0 amide bonds. The highest BCUT2D eigenvalue weighted by molar-refractivity contribution is 8.00. The molecule has 1 aromatic heterocycles. The van der Waals surface area contributed by atoms with E-state index in [1.807, 2.05) is 0 Å². The maximum absolute atomic E-state index is 15.0. The number of aliphatic hydroxyl groups excluding tert-OH is 2. The van der Waals surface area contributed by atoms with Crippen LogP contribution in [-0.4, -0.2) is 76.6 Å². The summed E-state index contributed by atoms with van der Waals surface area (Å²) in [6.45, 7) is -1.18. The summed E-state index contributed by atoms with van der Waals surface area (Å²) in [6, 6.07) is 0.536. The molecule has 2 saturated heterocycles. The summed E-state index contributed by atoms with van der Waals surface area (Å²) < 4.78 is 42.7. The van der Waals surface area contributed by atoms with Gasteiger partial charge in [0, 0.05) is 12.2 Å². The summed E-state index contributed by atoms with van der Waals surface area (Å²) in [5, 5.41) is 17.0. The third-order valence-corrected chi connectivity index (χ3v) is 6.97. The summed E-state index contributed by atoms with van der Waals surface area (Å²) in [6.07, 6.45) is -4.24. The predicted octanol–water partition coefficient (Wildman–Crippen LogP) is -1.72. The number of rotatable bonds is 7. The number of thioether (sulfide) groups is 1. The molecule has 2 aliphatic heterocycles. The minimum atomic E-state index is -5.04. The predicted molar refractivity (Wildman–Crippen MR) is 98.8 cm³/mol. The third-order valence-electron chi connectivity index (χ3n) is 4.47. The van der Waals surface area contributed by atoms with Crippen molar-refractivity contribution < 1.29 is 37.8 Å². The molecule has 0 aliphatic carbocycles. The van der Waals surface area contributed by atoms with E-state index in [2.05, 4.69) is 4.98 Å². The lowest BCUT2D eigenvalue weighted by Gasteiger charge is -2.30. The Hall–Kier alpha value is -0.985. The minimum absolute atomic E-state index is 0.0512. The molecule has 3 rings (SSSR count). The van der Waals surface area contributed by atoms with Gasteiger partial charge in [0.25, 0.3) is 7.82 Å². The number of nitrogens with two attached hydrogens (primary N) is 1. The van der Waals surface area contributed by atoms with Gasteiger partial charge in [-0.2, -0.15) is 4.98 Å². The van der Waals surface area contributed by atoms with Gasteiger partial charge in [0.15, 0.2) is 6.17 Å². The fourth-order valence-electron chi connectivity index (χ4n) is 3.07. The summed E-state index contributed by atoms with van der Waals surface area (Å²) in [7, 11) is 0.461. The van der Waals surface area contributed by atoms with Crippen molar-refractivity contribution in [1.82, 2.24) is 9.55 Å². The first-order chi connectivity index (χ1) is 13.6. The minimum Gasteiger partial charge on any atom is -0.756 e. The van der Waals surface area contributed by atoms with Crippen molar-refractivity contribution in [2.24, 2.45) is 0 Å². The van der Waals surface area contributed by atoms with E-state index in [0.29, 0.717) is 0 Å². The van der Waals surface area contributed by atoms with E-state index in [9.17, 15) is 28.9 Å². The number of aliphatic hydroxyl groups is 2. The Morgan fingerprint density at radius 3 is 2.90 bits per heavy atom. The average molecular weight is 450 g/mol. The molecule has 3 heterocycles. The quantitative estimate of drug-likeness (QED) is 0.319. The Labute approximate surface area is 170 Å². The van der Waals surface area contributed by atoms with Crippen LogP contribution in [0.15, 0.2) is 17.1 Å². The second-order valence-electron chi connectivity index (χ2n) is 6.56. The fourth-order valence-corrected chi connectivity index (χ4v) is 5.50. The normalized spacial score (nSPS) is 36.9. The first-order valence-electron chi connectivity index (χ1n) is 8.59. The largest absolute Gasteiger partial charge is 0.756 e. The maximum Gasteiger partial charge on any atom is 0.350 e. The van der Waals surface area contributed by atoms with Gasteiger partial charge >= 0.3 is 5.69 Å². The van der Waals surface area contributed by atoms with Crippen LogP contribution in [-0.2, 0) is 18.3 Å². The summed E-state index contributed by atoms with van der Waals surface area (Å²) in [5.41, 5.74) is 4.58. The van der Waals surface area contributed by atoms with Crippen LogP contribution in [0.2, 0.25) is 0 Å². The standard InChI is InChI=1S/C14H20BFN3O8PS/c15-9-3-6(21)7(26-9)5-25-28(23,24)27-12-8(4-20)29-13(11(12)16)19-2-1-10(17)18-14(19)22/h1-2,6-9,11-13,20-21H,3-5H2,(H,23,24)(H2,17,18,22)/p-1/t6-,7+,8+,9+,11-,12+,13+/m0/s1. The number of hydrogen-bond acceptors (Lipinski definition) is 11. The zero-order chi connectivity index (χ0) is 21.3. The molecule has 15 heteroatoms. The maximum atomic E-state index is 15.0. The van der Waals surface area contributed by atoms with Crippen LogP contribution in [0, 0.1) is 0 Å². The molecule has 2 aliphatic rings. The molecule has 0 saturated carbocycles. The molecule has 2 fully saturated rings. The van der Waals surface area contributed by atoms with Crippen molar-refractivity contribution in [3.8, 4) is 0 Å². The molecule has 1 aromatic rings. The van der Waals surface area contributed by atoms with Crippen LogP contribution in [0.25, 0.3) is 0 Å². The fraction of sp³-hybridized carbons (Fsp3) is 0.714. The number of nitrogen functional groups attached to an aromatic ring is 1. The number of aromatic nitrogens is 2. The number of nitrogens with zero attached hydrogens (tertiary/aromatic N) is 2. The highest BCUT2D eigenvalue weighted by Gasteiger charge is 2.48. The van der Waals surface area contributed by atoms with Gasteiger partial charge in [0.2, 0.25) is 0 Å². The number of phosphoric ester groups is 1. The van der Waals surface area contributed by atoms with Crippen molar-refractivity contribution in [2.75, 3.05) is 18.9 Å². The molecule has 1 unspecified atom stereocenters. The van der Waals surface area contributed by atoms with E-state index in [-0.39, 0.29) is 12.2 Å². The van der Waals surface area contributed by atoms with Crippen LogP contribution < -0.4 is 16.3 Å². The summed E-state index contributed by atoms with van der Waals surface area (Å²) >= 11 is 0.820. The lowest BCUT2D eigenvalue weighted by Crippen LogP contribution is -2.36. The van der Waals surface area contributed by atoms with Crippen LogP contribution in [0.4, 0.5) is 10.2 Å². The lowest BCUT2D eigenvalue weighted by molar-refractivity contribution is -0.234. The zero-order valence-corrected chi connectivity index (χ0v) is 16.7.